The molecule has 1 amide bonds. The fourth-order valence-electron chi connectivity index (χ4n) is 3.30. The van der Waals surface area contributed by atoms with Gasteiger partial charge in [-0.2, -0.15) is 0 Å². The molecule has 2 aliphatic heterocycles. The van der Waals surface area contributed by atoms with Gasteiger partial charge in [0, 0.05) is 24.7 Å². The molecule has 1 aromatic rings. The molecule has 1 atom stereocenters. The molecule has 0 saturated carbocycles. The molecule has 5 heteroatoms. The number of carbonyl (C=O) groups is 1. The van der Waals surface area contributed by atoms with Crippen LogP contribution in [0.15, 0.2) is 23.8 Å². The Balaban J connectivity index is 1.77. The zero-order valence-electron chi connectivity index (χ0n) is 14.7. The summed E-state index contributed by atoms with van der Waals surface area (Å²) < 4.78 is 11.3. The molecule has 0 bridgehead atoms. The van der Waals surface area contributed by atoms with Gasteiger partial charge in [0.15, 0.2) is 0 Å². The predicted molar refractivity (Wildman–Crippen MR) is 94.4 cm³/mol. The Hall–Kier alpha value is -2.01. The number of piperidine rings is 1. The highest BCUT2D eigenvalue weighted by atomic mass is 16.5. The molecule has 0 N–H and O–H groups in total. The molecule has 1 saturated heterocycles. The largest absolute Gasteiger partial charge is 0.494 e. The van der Waals surface area contributed by atoms with Gasteiger partial charge in [0.25, 0.3) is 5.91 Å². The standard InChI is InChI=1S/C19H26N2O3/c1-4-23-17-7-8-18-14(11-17)10-15(13-24-18)19(22)21-9-5-6-16(12-21)20(2)3/h7-8,10-11,16H,4-6,9,12-13H2,1-3H3/t16-/m1/s1. The van der Waals surface area contributed by atoms with Gasteiger partial charge in [0.1, 0.15) is 18.1 Å². The Bertz CT molecular complexity index is 639. The summed E-state index contributed by atoms with van der Waals surface area (Å²) in [6.45, 7) is 4.53. The van der Waals surface area contributed by atoms with Crippen LogP contribution in [0.1, 0.15) is 25.3 Å². The molecule has 0 unspecified atom stereocenters. The van der Waals surface area contributed by atoms with Gasteiger partial charge in [-0.05, 0) is 58.1 Å². The third kappa shape index (κ3) is 3.56. The molecule has 1 fully saturated rings. The Labute approximate surface area is 143 Å². The predicted octanol–water partition coefficient (Wildman–Crippen LogP) is 2.41. The lowest BCUT2D eigenvalue weighted by Crippen LogP contribution is -2.48. The molecule has 2 aliphatic rings. The van der Waals surface area contributed by atoms with Crippen molar-refractivity contribution < 1.29 is 14.3 Å². The number of ether oxygens (including phenoxy) is 2. The van der Waals surface area contributed by atoms with Crippen molar-refractivity contribution in [2.24, 2.45) is 0 Å². The highest BCUT2D eigenvalue weighted by molar-refractivity contribution is 5.99. The maximum Gasteiger partial charge on any atom is 0.253 e. The van der Waals surface area contributed by atoms with E-state index in [4.69, 9.17) is 9.47 Å². The number of hydrogen-bond acceptors (Lipinski definition) is 4. The third-order valence-electron chi connectivity index (χ3n) is 4.69. The van der Waals surface area contributed by atoms with Crippen molar-refractivity contribution in [3.8, 4) is 11.5 Å². The van der Waals surface area contributed by atoms with Crippen molar-refractivity contribution in [2.45, 2.75) is 25.8 Å². The maximum atomic E-state index is 12.9. The molecule has 5 nitrogen and oxygen atoms in total. The second-order valence-electron chi connectivity index (χ2n) is 6.60. The van der Waals surface area contributed by atoms with Gasteiger partial charge in [-0.3, -0.25) is 4.79 Å². The molecular weight excluding hydrogens is 304 g/mol. The minimum absolute atomic E-state index is 0.0917. The number of likely N-dealkylation sites (tertiary alicyclic amines) is 1. The summed E-state index contributed by atoms with van der Waals surface area (Å²) in [6, 6.07) is 6.17. The second-order valence-corrected chi connectivity index (χ2v) is 6.60. The average Bonchev–Trinajstić information content (AvgIpc) is 2.61. The third-order valence-corrected chi connectivity index (χ3v) is 4.69. The Kier molecular flexibility index (Phi) is 5.09. The Morgan fingerprint density at radius 3 is 3.00 bits per heavy atom. The number of rotatable bonds is 4. The van der Waals surface area contributed by atoms with E-state index in [0.717, 1.165) is 48.6 Å². The Morgan fingerprint density at radius 1 is 1.42 bits per heavy atom. The summed E-state index contributed by atoms with van der Waals surface area (Å²) in [7, 11) is 4.15. The first-order valence-corrected chi connectivity index (χ1v) is 8.64. The second kappa shape index (κ2) is 7.26. The van der Waals surface area contributed by atoms with Crippen LogP contribution in [0, 0.1) is 0 Å². The van der Waals surface area contributed by atoms with Gasteiger partial charge in [-0.25, -0.2) is 0 Å². The van der Waals surface area contributed by atoms with Crippen LogP contribution >= 0.6 is 0 Å². The van der Waals surface area contributed by atoms with E-state index in [0.29, 0.717) is 19.3 Å². The van der Waals surface area contributed by atoms with E-state index in [1.165, 1.54) is 0 Å². The van der Waals surface area contributed by atoms with Gasteiger partial charge in [-0.15, -0.1) is 0 Å². The van der Waals surface area contributed by atoms with Crippen molar-refractivity contribution >= 4 is 12.0 Å². The van der Waals surface area contributed by atoms with Gasteiger partial charge >= 0.3 is 0 Å². The lowest BCUT2D eigenvalue weighted by atomic mass is 10.0. The molecule has 0 radical (unpaired) electrons. The lowest BCUT2D eigenvalue weighted by molar-refractivity contribution is -0.129. The van der Waals surface area contributed by atoms with E-state index in [1.807, 2.05) is 36.1 Å². The maximum absolute atomic E-state index is 12.9. The first kappa shape index (κ1) is 16.8. The lowest BCUT2D eigenvalue weighted by Gasteiger charge is -2.36. The number of carbonyl (C=O) groups excluding carboxylic acids is 1. The van der Waals surface area contributed by atoms with E-state index in [2.05, 4.69) is 19.0 Å². The zero-order chi connectivity index (χ0) is 17.1. The van der Waals surface area contributed by atoms with E-state index in [-0.39, 0.29) is 5.91 Å². The monoisotopic (exact) mass is 330 g/mol. The summed E-state index contributed by atoms with van der Waals surface area (Å²) in [5, 5.41) is 0. The Morgan fingerprint density at radius 2 is 2.25 bits per heavy atom. The van der Waals surface area contributed by atoms with E-state index in [9.17, 15) is 4.79 Å². The topological polar surface area (TPSA) is 42.0 Å². The number of hydrogen-bond donors (Lipinski definition) is 0. The van der Waals surface area contributed by atoms with Crippen LogP contribution in [0.4, 0.5) is 0 Å². The summed E-state index contributed by atoms with van der Waals surface area (Å²) >= 11 is 0. The summed E-state index contributed by atoms with van der Waals surface area (Å²) in [5.41, 5.74) is 1.63. The van der Waals surface area contributed by atoms with Crippen LogP contribution in [-0.4, -0.2) is 62.1 Å². The molecule has 3 rings (SSSR count). The van der Waals surface area contributed by atoms with Gasteiger partial charge < -0.3 is 19.3 Å². The van der Waals surface area contributed by atoms with Crippen molar-refractivity contribution in [3.63, 3.8) is 0 Å². The van der Waals surface area contributed by atoms with Crippen LogP contribution in [0.5, 0.6) is 11.5 Å². The SMILES string of the molecule is CCOc1ccc2c(c1)C=C(C(=O)N1CCC[C@@H](N(C)C)C1)CO2. The molecule has 2 heterocycles. The molecule has 0 aromatic heterocycles. The van der Waals surface area contributed by atoms with Gasteiger partial charge in [0.2, 0.25) is 0 Å². The van der Waals surface area contributed by atoms with Crippen molar-refractivity contribution in [1.29, 1.82) is 0 Å². The molecule has 0 spiro atoms. The van der Waals surface area contributed by atoms with E-state index in [1.54, 1.807) is 0 Å². The quantitative estimate of drug-likeness (QED) is 0.850. The minimum atomic E-state index is 0.0917. The van der Waals surface area contributed by atoms with Crippen LogP contribution in [0.2, 0.25) is 0 Å². The van der Waals surface area contributed by atoms with Gasteiger partial charge in [0.05, 0.1) is 12.2 Å². The number of likely N-dealkylation sites (N-methyl/N-ethyl adjacent to an activating group) is 1. The first-order valence-electron chi connectivity index (χ1n) is 8.64. The summed E-state index contributed by atoms with van der Waals surface area (Å²) in [4.78, 5) is 17.0. The molecular formula is C19H26N2O3. The fraction of sp³-hybridized carbons (Fsp3) is 0.526. The smallest absolute Gasteiger partial charge is 0.253 e. The highest BCUT2D eigenvalue weighted by Crippen LogP contribution is 2.31. The van der Waals surface area contributed by atoms with Crippen LogP contribution < -0.4 is 9.47 Å². The number of benzene rings is 1. The highest BCUT2D eigenvalue weighted by Gasteiger charge is 2.28. The normalized spacial score (nSPS) is 20.2. The summed E-state index contributed by atoms with van der Waals surface area (Å²) in [5.74, 6) is 1.70. The molecule has 0 aliphatic carbocycles. The van der Waals surface area contributed by atoms with E-state index < -0.39 is 0 Å². The molecule has 24 heavy (non-hydrogen) atoms. The number of fused-ring (bicyclic) bond motifs is 1. The van der Waals surface area contributed by atoms with Crippen molar-refractivity contribution in [1.82, 2.24) is 9.80 Å². The number of nitrogens with zero attached hydrogens (tertiary/aromatic N) is 2. The minimum Gasteiger partial charge on any atom is -0.494 e. The molecule has 130 valence electrons. The average molecular weight is 330 g/mol. The van der Waals surface area contributed by atoms with Crippen molar-refractivity contribution in [2.75, 3.05) is 40.4 Å². The number of amides is 1. The fourth-order valence-corrected chi connectivity index (χ4v) is 3.30. The van der Waals surface area contributed by atoms with Crippen LogP contribution in [-0.2, 0) is 4.79 Å². The van der Waals surface area contributed by atoms with Crippen LogP contribution in [0.25, 0.3) is 6.08 Å². The van der Waals surface area contributed by atoms with Gasteiger partial charge in [-0.1, -0.05) is 0 Å². The zero-order valence-corrected chi connectivity index (χ0v) is 14.7. The summed E-state index contributed by atoms with van der Waals surface area (Å²) in [6.07, 6.45) is 4.14. The molecule has 1 aromatic carbocycles. The first-order chi connectivity index (χ1) is 11.6. The van der Waals surface area contributed by atoms with Crippen LogP contribution in [0.3, 0.4) is 0 Å². The van der Waals surface area contributed by atoms with E-state index >= 15 is 0 Å². The van der Waals surface area contributed by atoms with Crippen molar-refractivity contribution in [3.05, 3.63) is 29.3 Å².